The zero-order valence-electron chi connectivity index (χ0n) is 12.0. The topological polar surface area (TPSA) is 53.0 Å². The van der Waals surface area contributed by atoms with Gasteiger partial charge < -0.3 is 14.7 Å². The van der Waals surface area contributed by atoms with E-state index in [-0.39, 0.29) is 18.6 Å². The van der Waals surface area contributed by atoms with Gasteiger partial charge in [0.15, 0.2) is 0 Å². The fraction of sp³-hybridized carbons (Fsp3) is 0.923. The number of carbonyl (C=O) groups excluding carboxylic acids is 1. The maximum Gasteiger partial charge on any atom is 0.254 e. The van der Waals surface area contributed by atoms with E-state index in [0.717, 1.165) is 19.5 Å². The lowest BCUT2D eigenvalue weighted by Gasteiger charge is -2.40. The van der Waals surface area contributed by atoms with Crippen LogP contribution in [0.1, 0.15) is 27.2 Å². The highest BCUT2D eigenvalue weighted by Crippen LogP contribution is 2.15. The molecular formula is C13H26N2O3. The van der Waals surface area contributed by atoms with Crippen molar-refractivity contribution < 1.29 is 14.6 Å². The summed E-state index contributed by atoms with van der Waals surface area (Å²) in [5, 5.41) is 9.28. The Morgan fingerprint density at radius 3 is 2.28 bits per heavy atom. The van der Waals surface area contributed by atoms with Gasteiger partial charge in [-0.05, 0) is 20.3 Å². The second-order valence-electron chi connectivity index (χ2n) is 5.29. The smallest absolute Gasteiger partial charge is 0.254 e. The molecule has 0 spiro atoms. The lowest BCUT2D eigenvalue weighted by Crippen LogP contribution is -2.56. The Balaban J connectivity index is 2.51. The normalized spacial score (nSPS) is 19.9. The molecule has 1 saturated heterocycles. The van der Waals surface area contributed by atoms with Crippen molar-refractivity contribution in [1.82, 2.24) is 9.80 Å². The summed E-state index contributed by atoms with van der Waals surface area (Å²) in [6.07, 6.45) is 0.939. The number of nitrogens with zero attached hydrogens (tertiary/aromatic N) is 2. The van der Waals surface area contributed by atoms with Gasteiger partial charge in [-0.15, -0.1) is 0 Å². The van der Waals surface area contributed by atoms with E-state index in [1.165, 1.54) is 0 Å². The van der Waals surface area contributed by atoms with Crippen molar-refractivity contribution in [2.24, 2.45) is 0 Å². The minimum absolute atomic E-state index is 0.0432. The Morgan fingerprint density at radius 2 is 1.89 bits per heavy atom. The molecule has 1 aliphatic heterocycles. The lowest BCUT2D eigenvalue weighted by atomic mass is 10.1. The fourth-order valence-corrected chi connectivity index (χ4v) is 2.26. The molecule has 0 aliphatic carbocycles. The minimum atomic E-state index is -0.747. The molecule has 0 saturated carbocycles. The number of rotatable bonds is 5. The summed E-state index contributed by atoms with van der Waals surface area (Å²) in [5.41, 5.74) is -0.747. The molecule has 1 amide bonds. The van der Waals surface area contributed by atoms with E-state index >= 15 is 0 Å². The van der Waals surface area contributed by atoms with E-state index in [0.29, 0.717) is 13.1 Å². The Kier molecular flexibility index (Phi) is 5.56. The number of carbonyl (C=O) groups is 1. The molecule has 106 valence electrons. The second-order valence-corrected chi connectivity index (χ2v) is 5.29. The van der Waals surface area contributed by atoms with Crippen LogP contribution in [0.2, 0.25) is 0 Å². The molecule has 1 N–H and O–H groups in total. The summed E-state index contributed by atoms with van der Waals surface area (Å²) >= 11 is 0. The molecule has 5 nitrogen and oxygen atoms in total. The molecule has 0 unspecified atom stereocenters. The van der Waals surface area contributed by atoms with Crippen molar-refractivity contribution >= 4 is 5.91 Å². The van der Waals surface area contributed by atoms with Crippen molar-refractivity contribution in [3.63, 3.8) is 0 Å². The third kappa shape index (κ3) is 3.43. The molecule has 1 heterocycles. The van der Waals surface area contributed by atoms with Crippen LogP contribution in [-0.4, -0.2) is 72.4 Å². The van der Waals surface area contributed by atoms with E-state index < -0.39 is 5.60 Å². The van der Waals surface area contributed by atoms with Gasteiger partial charge >= 0.3 is 0 Å². The van der Waals surface area contributed by atoms with Crippen LogP contribution in [0, 0.1) is 0 Å². The van der Waals surface area contributed by atoms with Crippen molar-refractivity contribution in [1.29, 1.82) is 0 Å². The van der Waals surface area contributed by atoms with Gasteiger partial charge in [-0.3, -0.25) is 9.69 Å². The Morgan fingerprint density at radius 1 is 1.33 bits per heavy atom. The minimum Gasteiger partial charge on any atom is -0.395 e. The van der Waals surface area contributed by atoms with Gasteiger partial charge in [0.2, 0.25) is 0 Å². The van der Waals surface area contributed by atoms with Gasteiger partial charge in [-0.25, -0.2) is 0 Å². The number of ether oxygens (including phenoxy) is 1. The molecule has 1 aliphatic rings. The third-order valence-electron chi connectivity index (χ3n) is 3.83. The van der Waals surface area contributed by atoms with Crippen molar-refractivity contribution in [2.45, 2.75) is 38.8 Å². The highest BCUT2D eigenvalue weighted by molar-refractivity contribution is 5.84. The number of hydrogen-bond donors (Lipinski definition) is 1. The highest BCUT2D eigenvalue weighted by atomic mass is 16.5. The van der Waals surface area contributed by atoms with E-state index in [4.69, 9.17) is 4.74 Å². The van der Waals surface area contributed by atoms with Crippen molar-refractivity contribution in [3.8, 4) is 0 Å². The van der Waals surface area contributed by atoms with E-state index in [1.807, 2.05) is 4.90 Å². The van der Waals surface area contributed by atoms with Gasteiger partial charge in [0.05, 0.1) is 6.61 Å². The number of hydrogen-bond acceptors (Lipinski definition) is 4. The van der Waals surface area contributed by atoms with Gasteiger partial charge in [0.25, 0.3) is 5.91 Å². The van der Waals surface area contributed by atoms with E-state index in [1.54, 1.807) is 21.0 Å². The number of aliphatic hydroxyl groups excluding tert-OH is 1. The summed E-state index contributed by atoms with van der Waals surface area (Å²) in [4.78, 5) is 16.3. The molecule has 0 radical (unpaired) electrons. The summed E-state index contributed by atoms with van der Waals surface area (Å²) < 4.78 is 5.22. The molecule has 1 rings (SSSR count). The van der Waals surface area contributed by atoms with Crippen LogP contribution in [0.5, 0.6) is 0 Å². The molecule has 0 bridgehead atoms. The molecule has 0 aromatic rings. The maximum absolute atomic E-state index is 12.2. The Hall–Kier alpha value is -0.650. The van der Waals surface area contributed by atoms with Gasteiger partial charge in [0.1, 0.15) is 5.60 Å². The molecule has 1 fully saturated rings. The molecule has 1 atom stereocenters. The standard InChI is InChI=1S/C13H26N2O3/c1-5-11(10-16)14-6-8-15(9-7-14)12(17)13(2,3)18-4/h11,16H,5-10H2,1-4H3/t11-/m0/s1. The number of amides is 1. The number of piperazine rings is 1. The van der Waals surface area contributed by atoms with Crippen molar-refractivity contribution in [3.05, 3.63) is 0 Å². The van der Waals surface area contributed by atoms with Crippen LogP contribution in [0.3, 0.4) is 0 Å². The average molecular weight is 258 g/mol. The largest absolute Gasteiger partial charge is 0.395 e. The van der Waals surface area contributed by atoms with Gasteiger partial charge in [-0.1, -0.05) is 6.92 Å². The zero-order valence-corrected chi connectivity index (χ0v) is 12.0. The van der Waals surface area contributed by atoms with Gasteiger partial charge in [0, 0.05) is 39.3 Å². The Bertz CT molecular complexity index is 269. The first-order valence-corrected chi connectivity index (χ1v) is 6.65. The monoisotopic (exact) mass is 258 g/mol. The van der Waals surface area contributed by atoms with Crippen LogP contribution in [0.4, 0.5) is 0 Å². The predicted octanol–water partition coefficient (Wildman–Crippen LogP) is 0.327. The third-order valence-corrected chi connectivity index (χ3v) is 3.83. The summed E-state index contributed by atoms with van der Waals surface area (Å²) in [6, 6.07) is 0.220. The van der Waals surface area contributed by atoms with Gasteiger partial charge in [-0.2, -0.15) is 0 Å². The summed E-state index contributed by atoms with van der Waals surface area (Å²) in [6.45, 7) is 8.93. The second kappa shape index (κ2) is 6.50. The summed E-state index contributed by atoms with van der Waals surface area (Å²) in [7, 11) is 1.56. The fourth-order valence-electron chi connectivity index (χ4n) is 2.26. The Labute approximate surface area is 110 Å². The van der Waals surface area contributed by atoms with Crippen LogP contribution in [0.25, 0.3) is 0 Å². The molecule has 0 aromatic carbocycles. The number of aliphatic hydroxyl groups is 1. The molecule has 0 aromatic heterocycles. The van der Waals surface area contributed by atoms with Crippen LogP contribution in [-0.2, 0) is 9.53 Å². The highest BCUT2D eigenvalue weighted by Gasteiger charge is 2.34. The van der Waals surface area contributed by atoms with Crippen LogP contribution < -0.4 is 0 Å². The molecule has 5 heteroatoms. The predicted molar refractivity (Wildman–Crippen MR) is 70.4 cm³/mol. The zero-order chi connectivity index (χ0) is 13.8. The average Bonchev–Trinajstić information content (AvgIpc) is 2.40. The maximum atomic E-state index is 12.2. The summed E-state index contributed by atoms with van der Waals surface area (Å²) in [5.74, 6) is 0.0432. The first-order valence-electron chi connectivity index (χ1n) is 6.65. The van der Waals surface area contributed by atoms with Crippen LogP contribution in [0.15, 0.2) is 0 Å². The van der Waals surface area contributed by atoms with E-state index in [2.05, 4.69) is 11.8 Å². The van der Waals surface area contributed by atoms with Crippen LogP contribution >= 0.6 is 0 Å². The van der Waals surface area contributed by atoms with E-state index in [9.17, 15) is 9.90 Å². The first-order chi connectivity index (χ1) is 8.46. The van der Waals surface area contributed by atoms with Crippen molar-refractivity contribution in [2.75, 3.05) is 39.9 Å². The number of methoxy groups -OCH3 is 1. The molecule has 18 heavy (non-hydrogen) atoms. The lowest BCUT2D eigenvalue weighted by molar-refractivity contribution is -0.153. The first kappa shape index (κ1) is 15.4. The quantitative estimate of drug-likeness (QED) is 0.772. The molecular weight excluding hydrogens is 232 g/mol. The SMILES string of the molecule is CC[C@@H](CO)N1CCN(C(=O)C(C)(C)OC)CC1.